The summed E-state index contributed by atoms with van der Waals surface area (Å²) in [5.74, 6) is 0. The molecule has 0 aliphatic heterocycles. The Labute approximate surface area is 88.2 Å². The van der Waals surface area contributed by atoms with Crippen LogP contribution in [0.5, 0.6) is 0 Å². The zero-order valence-corrected chi connectivity index (χ0v) is 8.25. The Balaban J connectivity index is 0.000000750. The Kier molecular flexibility index (Phi) is 2.18. The molecule has 70 valence electrons. The van der Waals surface area contributed by atoms with Gasteiger partial charge in [-0.25, -0.2) is 0 Å². The van der Waals surface area contributed by atoms with Gasteiger partial charge >= 0.3 is 0 Å². The molecular formula is C12H9ClN-. The first-order valence-electron chi connectivity index (χ1n) is 4.40. The van der Waals surface area contributed by atoms with E-state index in [1.54, 1.807) is 0 Å². The van der Waals surface area contributed by atoms with E-state index in [-0.39, 0.29) is 12.4 Å². The second kappa shape index (κ2) is 3.35. The molecule has 3 aromatic rings. The average molecular weight is 203 g/mol. The van der Waals surface area contributed by atoms with Crippen LogP contribution >= 0.6 is 0 Å². The molecule has 0 spiro atoms. The van der Waals surface area contributed by atoms with Crippen molar-refractivity contribution in [1.82, 2.24) is 4.98 Å². The van der Waals surface area contributed by atoms with Gasteiger partial charge in [0.25, 0.3) is 0 Å². The van der Waals surface area contributed by atoms with Gasteiger partial charge in [-0.3, -0.25) is 0 Å². The highest BCUT2D eigenvalue weighted by molar-refractivity contribution is 6.06. The summed E-state index contributed by atoms with van der Waals surface area (Å²) in [4.78, 5) is 3.38. The maximum absolute atomic E-state index is 3.38. The van der Waals surface area contributed by atoms with Crippen molar-refractivity contribution in [2.24, 2.45) is 0 Å². The van der Waals surface area contributed by atoms with Crippen LogP contribution in [0.15, 0.2) is 48.5 Å². The predicted octanol–water partition coefficient (Wildman–Crippen LogP) is 0.325. The van der Waals surface area contributed by atoms with Crippen molar-refractivity contribution in [3.8, 4) is 0 Å². The van der Waals surface area contributed by atoms with Crippen molar-refractivity contribution < 1.29 is 12.4 Å². The minimum absolute atomic E-state index is 0. The molecule has 1 heterocycles. The number of H-pyrrole nitrogens is 1. The van der Waals surface area contributed by atoms with E-state index in [0.29, 0.717) is 0 Å². The van der Waals surface area contributed by atoms with Crippen LogP contribution in [0.1, 0.15) is 0 Å². The standard InChI is InChI=1S/C12H9N.ClH/c1-3-7-11-9(5-1)10-6-2-4-8-12(10)13-11;/h1-8,13H;1H/p-1. The van der Waals surface area contributed by atoms with Gasteiger partial charge in [-0.2, -0.15) is 0 Å². The van der Waals surface area contributed by atoms with E-state index >= 15 is 0 Å². The molecule has 0 atom stereocenters. The molecule has 0 aliphatic rings. The molecule has 2 aromatic carbocycles. The molecule has 2 heteroatoms. The molecule has 0 radical (unpaired) electrons. The molecule has 1 N–H and O–H groups in total. The quantitative estimate of drug-likeness (QED) is 0.541. The number of rotatable bonds is 0. The fourth-order valence-electron chi connectivity index (χ4n) is 1.80. The highest BCUT2D eigenvalue weighted by atomic mass is 35.5. The number of halogens is 1. The number of benzene rings is 2. The molecule has 0 saturated carbocycles. The lowest BCUT2D eigenvalue weighted by molar-refractivity contribution is -0.00000252. The number of nitrogens with one attached hydrogen (secondary N) is 1. The summed E-state index contributed by atoms with van der Waals surface area (Å²) in [7, 11) is 0. The van der Waals surface area contributed by atoms with Crippen LogP contribution in [-0.2, 0) is 0 Å². The summed E-state index contributed by atoms with van der Waals surface area (Å²) < 4.78 is 0. The number of hydrogen-bond acceptors (Lipinski definition) is 0. The molecule has 0 saturated heterocycles. The number of fused-ring (bicyclic) bond motifs is 3. The van der Waals surface area contributed by atoms with Gasteiger partial charge in [-0.1, -0.05) is 36.4 Å². The normalized spacial score (nSPS) is 10.3. The predicted molar refractivity (Wildman–Crippen MR) is 55.8 cm³/mol. The van der Waals surface area contributed by atoms with E-state index in [0.717, 1.165) is 0 Å². The van der Waals surface area contributed by atoms with E-state index in [1.807, 2.05) is 0 Å². The lowest BCUT2D eigenvalue weighted by atomic mass is 10.2. The van der Waals surface area contributed by atoms with Gasteiger partial charge in [0.2, 0.25) is 0 Å². The fraction of sp³-hybridized carbons (Fsp3) is 0. The third-order valence-corrected chi connectivity index (χ3v) is 2.41. The molecule has 1 nitrogen and oxygen atoms in total. The van der Waals surface area contributed by atoms with Crippen molar-refractivity contribution in [3.05, 3.63) is 48.5 Å². The lowest BCUT2D eigenvalue weighted by Crippen LogP contribution is -3.00. The Morgan fingerprint density at radius 3 is 1.57 bits per heavy atom. The zero-order valence-electron chi connectivity index (χ0n) is 7.50. The topological polar surface area (TPSA) is 15.8 Å². The van der Waals surface area contributed by atoms with E-state index in [9.17, 15) is 0 Å². The minimum atomic E-state index is 0. The third-order valence-electron chi connectivity index (χ3n) is 2.41. The van der Waals surface area contributed by atoms with Crippen LogP contribution in [0, 0.1) is 0 Å². The first kappa shape index (κ1) is 9.10. The fourth-order valence-corrected chi connectivity index (χ4v) is 1.80. The molecular weight excluding hydrogens is 194 g/mol. The van der Waals surface area contributed by atoms with E-state index in [4.69, 9.17) is 0 Å². The van der Waals surface area contributed by atoms with Crippen LogP contribution in [0.2, 0.25) is 0 Å². The van der Waals surface area contributed by atoms with Gasteiger partial charge in [0.1, 0.15) is 0 Å². The van der Waals surface area contributed by atoms with Gasteiger partial charge in [0.05, 0.1) is 0 Å². The van der Waals surface area contributed by atoms with Gasteiger partial charge in [-0.05, 0) is 12.1 Å². The Morgan fingerprint density at radius 2 is 1.07 bits per heavy atom. The first-order chi connectivity index (χ1) is 6.45. The Morgan fingerprint density at radius 1 is 0.643 bits per heavy atom. The number of aromatic amines is 1. The number of para-hydroxylation sites is 2. The Bertz CT molecular complexity index is 518. The largest absolute Gasteiger partial charge is 1.00 e. The van der Waals surface area contributed by atoms with Crippen molar-refractivity contribution >= 4 is 21.8 Å². The summed E-state index contributed by atoms with van der Waals surface area (Å²) in [5.41, 5.74) is 2.42. The van der Waals surface area contributed by atoms with Gasteiger partial charge in [-0.15, -0.1) is 0 Å². The SMILES string of the molecule is [Cl-].c1ccc2c(c1)[nH]c1ccccc12. The summed E-state index contributed by atoms with van der Waals surface area (Å²) in [6.07, 6.45) is 0. The molecule has 0 aliphatic carbocycles. The average Bonchev–Trinajstić information content (AvgIpc) is 2.56. The molecule has 0 fully saturated rings. The highest BCUT2D eigenvalue weighted by Crippen LogP contribution is 2.24. The van der Waals surface area contributed by atoms with Gasteiger partial charge in [0.15, 0.2) is 0 Å². The van der Waals surface area contributed by atoms with E-state index in [2.05, 4.69) is 53.5 Å². The van der Waals surface area contributed by atoms with Crippen LogP contribution < -0.4 is 12.4 Å². The molecule has 0 amide bonds. The molecule has 0 unspecified atom stereocenters. The van der Waals surface area contributed by atoms with Crippen molar-refractivity contribution in [2.75, 3.05) is 0 Å². The summed E-state index contributed by atoms with van der Waals surface area (Å²) in [5, 5.41) is 2.61. The maximum atomic E-state index is 3.38. The Hall–Kier alpha value is -1.47. The lowest BCUT2D eigenvalue weighted by Gasteiger charge is -1.87. The van der Waals surface area contributed by atoms with Crippen LogP contribution in [0.25, 0.3) is 21.8 Å². The molecule has 3 rings (SSSR count). The van der Waals surface area contributed by atoms with Crippen molar-refractivity contribution in [2.45, 2.75) is 0 Å². The molecule has 0 bridgehead atoms. The first-order valence-corrected chi connectivity index (χ1v) is 4.40. The van der Waals surface area contributed by atoms with E-state index < -0.39 is 0 Å². The monoisotopic (exact) mass is 202 g/mol. The number of hydrogen-bond donors (Lipinski definition) is 1. The van der Waals surface area contributed by atoms with Gasteiger partial charge < -0.3 is 17.4 Å². The summed E-state index contributed by atoms with van der Waals surface area (Å²) in [6, 6.07) is 16.8. The van der Waals surface area contributed by atoms with Crippen molar-refractivity contribution in [1.29, 1.82) is 0 Å². The number of aromatic nitrogens is 1. The van der Waals surface area contributed by atoms with Crippen LogP contribution in [0.3, 0.4) is 0 Å². The highest BCUT2D eigenvalue weighted by Gasteiger charge is 2.00. The zero-order chi connectivity index (χ0) is 8.67. The minimum Gasteiger partial charge on any atom is -1.00 e. The maximum Gasteiger partial charge on any atom is 0.0464 e. The smallest absolute Gasteiger partial charge is 0.0464 e. The van der Waals surface area contributed by atoms with E-state index in [1.165, 1.54) is 21.8 Å². The summed E-state index contributed by atoms with van der Waals surface area (Å²) >= 11 is 0. The van der Waals surface area contributed by atoms with Gasteiger partial charge in [0, 0.05) is 21.8 Å². The van der Waals surface area contributed by atoms with Crippen LogP contribution in [0.4, 0.5) is 0 Å². The summed E-state index contributed by atoms with van der Waals surface area (Å²) in [6.45, 7) is 0. The molecule has 14 heavy (non-hydrogen) atoms. The third kappa shape index (κ3) is 1.17. The second-order valence-corrected chi connectivity index (χ2v) is 3.22. The second-order valence-electron chi connectivity index (χ2n) is 3.22. The molecule has 1 aromatic heterocycles. The van der Waals surface area contributed by atoms with Crippen molar-refractivity contribution in [3.63, 3.8) is 0 Å². The van der Waals surface area contributed by atoms with Crippen LogP contribution in [-0.4, -0.2) is 4.98 Å².